The lowest BCUT2D eigenvalue weighted by Crippen LogP contribution is -2.29. The summed E-state index contributed by atoms with van der Waals surface area (Å²) in [6.07, 6.45) is 0.140. The maximum atomic E-state index is 12.3. The molecule has 3 rings (SSSR count). The smallest absolute Gasteiger partial charge is 0.239 e. The maximum absolute atomic E-state index is 12.3. The average molecular weight is 405 g/mol. The molecule has 0 heterocycles. The van der Waals surface area contributed by atoms with E-state index in [1.54, 1.807) is 0 Å². The lowest BCUT2D eigenvalue weighted by molar-refractivity contribution is -0.119. The number of hydrogen-bond donors (Lipinski definition) is 2. The van der Waals surface area contributed by atoms with Crippen molar-refractivity contribution in [2.45, 2.75) is 33.1 Å². The summed E-state index contributed by atoms with van der Waals surface area (Å²) in [4.78, 5) is 12.3. The number of anilines is 1. The molecule has 1 amide bonds. The van der Waals surface area contributed by atoms with Crippen molar-refractivity contribution >= 4 is 11.6 Å². The van der Waals surface area contributed by atoms with Crippen LogP contribution in [-0.4, -0.2) is 18.6 Å². The molecule has 0 aliphatic heterocycles. The van der Waals surface area contributed by atoms with Crippen molar-refractivity contribution in [1.29, 1.82) is 0 Å². The standard InChI is InChI=1S/C25H28N2O3/c1-19(2)30-22-14-12-20(13-15-22)16-27-25(28)17-26-23-10-6-7-11-24(23)29-18-21-8-4-3-5-9-21/h3-15,19,26H,16-18H2,1-2H3,(H,27,28). The molecule has 30 heavy (non-hydrogen) atoms. The molecule has 5 nitrogen and oxygen atoms in total. The van der Waals surface area contributed by atoms with Crippen LogP contribution in [0.25, 0.3) is 0 Å². The highest BCUT2D eigenvalue weighted by Gasteiger charge is 2.07. The summed E-state index contributed by atoms with van der Waals surface area (Å²) in [5.41, 5.74) is 2.90. The molecule has 156 valence electrons. The molecular formula is C25H28N2O3. The fourth-order valence-corrected chi connectivity index (χ4v) is 2.87. The molecule has 0 radical (unpaired) electrons. The molecule has 2 N–H and O–H groups in total. The normalized spacial score (nSPS) is 10.5. The number of carbonyl (C=O) groups is 1. The van der Waals surface area contributed by atoms with Gasteiger partial charge in [0.15, 0.2) is 0 Å². The van der Waals surface area contributed by atoms with Crippen LogP contribution in [0.1, 0.15) is 25.0 Å². The maximum Gasteiger partial charge on any atom is 0.239 e. The minimum absolute atomic E-state index is 0.0876. The molecule has 0 aromatic heterocycles. The van der Waals surface area contributed by atoms with E-state index in [1.807, 2.05) is 92.7 Å². The first kappa shape index (κ1) is 21.2. The molecule has 0 atom stereocenters. The second kappa shape index (κ2) is 10.9. The Kier molecular flexibility index (Phi) is 7.72. The van der Waals surface area contributed by atoms with Crippen molar-refractivity contribution in [3.05, 3.63) is 90.0 Å². The van der Waals surface area contributed by atoms with E-state index < -0.39 is 0 Å². The van der Waals surface area contributed by atoms with E-state index in [9.17, 15) is 4.79 Å². The van der Waals surface area contributed by atoms with Gasteiger partial charge in [-0.1, -0.05) is 54.6 Å². The van der Waals surface area contributed by atoms with E-state index in [-0.39, 0.29) is 18.6 Å². The summed E-state index contributed by atoms with van der Waals surface area (Å²) in [6.45, 7) is 5.09. The number of ether oxygens (including phenoxy) is 2. The zero-order chi connectivity index (χ0) is 21.2. The monoisotopic (exact) mass is 404 g/mol. The van der Waals surface area contributed by atoms with E-state index >= 15 is 0 Å². The van der Waals surface area contributed by atoms with Gasteiger partial charge >= 0.3 is 0 Å². The first-order valence-corrected chi connectivity index (χ1v) is 10.1. The van der Waals surface area contributed by atoms with E-state index in [4.69, 9.17) is 9.47 Å². The van der Waals surface area contributed by atoms with E-state index in [2.05, 4.69) is 10.6 Å². The molecule has 0 aliphatic rings. The molecule has 3 aromatic rings. The molecule has 0 saturated carbocycles. The van der Waals surface area contributed by atoms with E-state index in [0.29, 0.717) is 13.2 Å². The Morgan fingerprint density at radius 1 is 0.867 bits per heavy atom. The number of nitrogens with one attached hydrogen (secondary N) is 2. The van der Waals surface area contributed by atoms with Crippen molar-refractivity contribution in [3.8, 4) is 11.5 Å². The molecule has 5 heteroatoms. The predicted molar refractivity (Wildman–Crippen MR) is 120 cm³/mol. The third-order valence-corrected chi connectivity index (χ3v) is 4.35. The number of rotatable bonds is 10. The second-order valence-corrected chi connectivity index (χ2v) is 7.21. The van der Waals surface area contributed by atoms with Crippen LogP contribution < -0.4 is 20.1 Å². The highest BCUT2D eigenvalue weighted by atomic mass is 16.5. The summed E-state index contributed by atoms with van der Waals surface area (Å²) in [5.74, 6) is 1.46. The lowest BCUT2D eigenvalue weighted by atomic mass is 10.2. The lowest BCUT2D eigenvalue weighted by Gasteiger charge is -2.13. The molecule has 0 spiro atoms. The van der Waals surface area contributed by atoms with Gasteiger partial charge in [0.25, 0.3) is 0 Å². The van der Waals surface area contributed by atoms with Crippen LogP contribution in [0.4, 0.5) is 5.69 Å². The summed E-state index contributed by atoms with van der Waals surface area (Å²) >= 11 is 0. The Bertz CT molecular complexity index is 925. The van der Waals surface area contributed by atoms with Gasteiger partial charge in [-0.15, -0.1) is 0 Å². The highest BCUT2D eigenvalue weighted by Crippen LogP contribution is 2.24. The van der Waals surface area contributed by atoms with Gasteiger partial charge in [0.05, 0.1) is 18.3 Å². The Hall–Kier alpha value is -3.47. The first-order valence-electron chi connectivity index (χ1n) is 10.1. The third kappa shape index (κ3) is 6.85. The number of carbonyl (C=O) groups excluding carboxylic acids is 1. The van der Waals surface area contributed by atoms with Crippen LogP contribution in [0.5, 0.6) is 11.5 Å². The number of amides is 1. The van der Waals surface area contributed by atoms with E-state index in [1.165, 1.54) is 0 Å². The SMILES string of the molecule is CC(C)Oc1ccc(CNC(=O)CNc2ccccc2OCc2ccccc2)cc1. The van der Waals surface area contributed by atoms with Crippen LogP contribution in [-0.2, 0) is 17.9 Å². The predicted octanol–water partition coefficient (Wildman–Crippen LogP) is 4.78. The van der Waals surface area contributed by atoms with Crippen LogP contribution in [0.3, 0.4) is 0 Å². The summed E-state index contributed by atoms with van der Waals surface area (Å²) < 4.78 is 11.5. The topological polar surface area (TPSA) is 59.6 Å². The minimum atomic E-state index is -0.0876. The van der Waals surface area contributed by atoms with E-state index in [0.717, 1.165) is 28.3 Å². The first-order chi connectivity index (χ1) is 14.6. The highest BCUT2D eigenvalue weighted by molar-refractivity contribution is 5.81. The van der Waals surface area contributed by atoms with Crippen LogP contribution in [0.15, 0.2) is 78.9 Å². The molecule has 0 aliphatic carbocycles. The van der Waals surface area contributed by atoms with Crippen molar-refractivity contribution in [2.24, 2.45) is 0 Å². The molecule has 0 unspecified atom stereocenters. The minimum Gasteiger partial charge on any atom is -0.491 e. The van der Waals surface area contributed by atoms with Crippen molar-refractivity contribution < 1.29 is 14.3 Å². The van der Waals surface area contributed by atoms with Crippen molar-refractivity contribution in [2.75, 3.05) is 11.9 Å². The van der Waals surface area contributed by atoms with Gasteiger partial charge in [-0.05, 0) is 49.2 Å². The Labute approximate surface area is 178 Å². The van der Waals surface area contributed by atoms with Crippen molar-refractivity contribution in [3.63, 3.8) is 0 Å². The molecule has 0 bridgehead atoms. The van der Waals surface area contributed by atoms with Crippen LogP contribution in [0.2, 0.25) is 0 Å². The molecule has 3 aromatic carbocycles. The zero-order valence-corrected chi connectivity index (χ0v) is 17.4. The van der Waals surface area contributed by atoms with Gasteiger partial charge in [-0.25, -0.2) is 0 Å². The Morgan fingerprint density at radius 3 is 2.30 bits per heavy atom. The largest absolute Gasteiger partial charge is 0.491 e. The summed E-state index contributed by atoms with van der Waals surface area (Å²) in [7, 11) is 0. The molecule has 0 saturated heterocycles. The van der Waals surface area contributed by atoms with Crippen LogP contribution >= 0.6 is 0 Å². The third-order valence-electron chi connectivity index (χ3n) is 4.35. The summed E-state index contributed by atoms with van der Waals surface area (Å²) in [6, 6.07) is 25.4. The second-order valence-electron chi connectivity index (χ2n) is 7.21. The zero-order valence-electron chi connectivity index (χ0n) is 17.4. The number of para-hydroxylation sites is 2. The van der Waals surface area contributed by atoms with Gasteiger partial charge < -0.3 is 20.1 Å². The van der Waals surface area contributed by atoms with Gasteiger partial charge in [-0.2, -0.15) is 0 Å². The average Bonchev–Trinajstić information content (AvgIpc) is 2.76. The Morgan fingerprint density at radius 2 is 1.57 bits per heavy atom. The van der Waals surface area contributed by atoms with Gasteiger partial charge in [-0.3, -0.25) is 4.79 Å². The Balaban J connectivity index is 1.46. The van der Waals surface area contributed by atoms with Gasteiger partial charge in [0.1, 0.15) is 18.1 Å². The van der Waals surface area contributed by atoms with Gasteiger partial charge in [0, 0.05) is 6.54 Å². The van der Waals surface area contributed by atoms with Crippen LogP contribution in [0, 0.1) is 0 Å². The molecular weight excluding hydrogens is 376 g/mol. The summed E-state index contributed by atoms with van der Waals surface area (Å²) in [5, 5.41) is 6.08. The number of benzene rings is 3. The molecule has 0 fully saturated rings. The van der Waals surface area contributed by atoms with Gasteiger partial charge in [0.2, 0.25) is 5.91 Å². The fraction of sp³-hybridized carbons (Fsp3) is 0.240. The quantitative estimate of drug-likeness (QED) is 0.510. The fourth-order valence-electron chi connectivity index (χ4n) is 2.87. The van der Waals surface area contributed by atoms with Crippen molar-refractivity contribution in [1.82, 2.24) is 5.32 Å². The number of hydrogen-bond acceptors (Lipinski definition) is 4.